The van der Waals surface area contributed by atoms with Crippen LogP contribution in [0.15, 0.2) is 36.4 Å². The monoisotopic (exact) mass is 467 g/mol. The van der Waals surface area contributed by atoms with Gasteiger partial charge in [0.15, 0.2) is 5.13 Å². The van der Waals surface area contributed by atoms with Gasteiger partial charge in [0, 0.05) is 31.7 Å². The fourth-order valence-electron chi connectivity index (χ4n) is 4.15. The number of hydrogen-bond acceptors (Lipinski definition) is 6. The minimum atomic E-state index is -0.0264. The second-order valence-electron chi connectivity index (χ2n) is 8.88. The van der Waals surface area contributed by atoms with E-state index in [0.29, 0.717) is 12.1 Å². The van der Waals surface area contributed by atoms with Gasteiger partial charge in [-0.25, -0.2) is 4.98 Å². The molecule has 4 rings (SSSR count). The Kier molecular flexibility index (Phi) is 7.63. The average molecular weight is 468 g/mol. The highest BCUT2D eigenvalue weighted by molar-refractivity contribution is 7.22. The van der Waals surface area contributed by atoms with E-state index >= 15 is 0 Å². The molecule has 1 amide bonds. The molecule has 0 spiro atoms. The van der Waals surface area contributed by atoms with Crippen molar-refractivity contribution in [2.45, 2.75) is 40.2 Å². The molecule has 3 aromatic rings. The zero-order valence-electron chi connectivity index (χ0n) is 20.0. The fourth-order valence-corrected chi connectivity index (χ4v) is 5.19. The molecule has 1 aromatic heterocycles. The van der Waals surface area contributed by atoms with Crippen LogP contribution in [0.1, 0.15) is 41.8 Å². The molecular formula is C26H33N3O3S. The van der Waals surface area contributed by atoms with Crippen molar-refractivity contribution in [2.75, 3.05) is 44.3 Å². The molecule has 2 aromatic carbocycles. The summed E-state index contributed by atoms with van der Waals surface area (Å²) in [4.78, 5) is 22.7. The first-order chi connectivity index (χ1) is 15.9. The Labute approximate surface area is 200 Å². The van der Waals surface area contributed by atoms with E-state index in [1.54, 1.807) is 11.3 Å². The maximum absolute atomic E-state index is 13.6. The highest BCUT2D eigenvalue weighted by Gasteiger charge is 2.22. The summed E-state index contributed by atoms with van der Waals surface area (Å²) in [7, 11) is 0. The van der Waals surface area contributed by atoms with Crippen LogP contribution in [0.4, 0.5) is 5.13 Å². The Morgan fingerprint density at radius 2 is 1.91 bits per heavy atom. The van der Waals surface area contributed by atoms with Crippen molar-refractivity contribution in [2.24, 2.45) is 0 Å². The van der Waals surface area contributed by atoms with E-state index in [9.17, 15) is 4.79 Å². The molecule has 0 unspecified atom stereocenters. The largest absolute Gasteiger partial charge is 0.491 e. The lowest BCUT2D eigenvalue weighted by molar-refractivity contribution is 0.0376. The summed E-state index contributed by atoms with van der Waals surface area (Å²) in [6.07, 6.45) is 0.978. The molecule has 0 aliphatic carbocycles. The van der Waals surface area contributed by atoms with E-state index in [2.05, 4.69) is 30.9 Å². The second kappa shape index (κ2) is 10.6. The first-order valence-electron chi connectivity index (χ1n) is 11.7. The summed E-state index contributed by atoms with van der Waals surface area (Å²) in [6, 6.07) is 11.7. The molecule has 0 radical (unpaired) electrons. The first kappa shape index (κ1) is 23.7. The van der Waals surface area contributed by atoms with Gasteiger partial charge < -0.3 is 9.47 Å². The Morgan fingerprint density at radius 1 is 1.18 bits per heavy atom. The lowest BCUT2D eigenvalue weighted by Crippen LogP contribution is -2.39. The zero-order valence-corrected chi connectivity index (χ0v) is 20.8. The van der Waals surface area contributed by atoms with Gasteiger partial charge in [0.2, 0.25) is 0 Å². The number of nitrogens with zero attached hydrogens (tertiary/aromatic N) is 3. The average Bonchev–Trinajstić information content (AvgIpc) is 3.21. The van der Waals surface area contributed by atoms with Crippen molar-refractivity contribution >= 4 is 32.6 Å². The van der Waals surface area contributed by atoms with Gasteiger partial charge in [0.1, 0.15) is 5.75 Å². The van der Waals surface area contributed by atoms with Crippen LogP contribution in [-0.2, 0) is 4.74 Å². The van der Waals surface area contributed by atoms with Crippen molar-refractivity contribution in [3.05, 3.63) is 53.1 Å². The van der Waals surface area contributed by atoms with Gasteiger partial charge in [-0.3, -0.25) is 14.6 Å². The Balaban J connectivity index is 1.57. The SMILES string of the molecule is Cc1cc(C)c2sc(N(CCCN3CCOCC3)C(=O)c3ccc(OC(C)C)cc3)nc2c1. The molecule has 2 heterocycles. The number of benzene rings is 2. The number of morpholine rings is 1. The number of amides is 1. The van der Waals surface area contributed by atoms with Crippen LogP contribution < -0.4 is 9.64 Å². The topological polar surface area (TPSA) is 54.9 Å². The van der Waals surface area contributed by atoms with E-state index in [1.165, 1.54) is 11.1 Å². The smallest absolute Gasteiger partial charge is 0.260 e. The molecule has 1 aliphatic heterocycles. The summed E-state index contributed by atoms with van der Waals surface area (Å²) in [5.74, 6) is 0.744. The minimum Gasteiger partial charge on any atom is -0.491 e. The molecule has 0 N–H and O–H groups in total. The maximum Gasteiger partial charge on any atom is 0.260 e. The number of carbonyl (C=O) groups excluding carboxylic acids is 1. The molecule has 1 saturated heterocycles. The van der Waals surface area contributed by atoms with Crippen molar-refractivity contribution in [3.63, 3.8) is 0 Å². The molecule has 0 bridgehead atoms. The van der Waals surface area contributed by atoms with Crippen molar-refractivity contribution in [1.82, 2.24) is 9.88 Å². The molecule has 33 heavy (non-hydrogen) atoms. The Hall–Kier alpha value is -2.48. The molecule has 176 valence electrons. The fraction of sp³-hybridized carbons (Fsp3) is 0.462. The Morgan fingerprint density at radius 3 is 2.61 bits per heavy atom. The molecule has 7 heteroatoms. The van der Waals surface area contributed by atoms with Crippen molar-refractivity contribution in [3.8, 4) is 5.75 Å². The predicted octanol–water partition coefficient (Wildman–Crippen LogP) is 5.07. The lowest BCUT2D eigenvalue weighted by Gasteiger charge is -2.27. The van der Waals surface area contributed by atoms with Crippen LogP contribution in [0.2, 0.25) is 0 Å². The summed E-state index contributed by atoms with van der Waals surface area (Å²) in [6.45, 7) is 13.2. The van der Waals surface area contributed by atoms with Gasteiger partial charge >= 0.3 is 0 Å². The van der Waals surface area contributed by atoms with Gasteiger partial charge in [-0.05, 0) is 75.6 Å². The third-order valence-corrected chi connectivity index (χ3v) is 6.95. The quantitative estimate of drug-likeness (QED) is 0.463. The van der Waals surface area contributed by atoms with Crippen molar-refractivity contribution < 1.29 is 14.3 Å². The number of aromatic nitrogens is 1. The molecule has 6 nitrogen and oxygen atoms in total. The summed E-state index contributed by atoms with van der Waals surface area (Å²) in [5, 5.41) is 0.758. The molecular weight excluding hydrogens is 434 g/mol. The highest BCUT2D eigenvalue weighted by atomic mass is 32.1. The van der Waals surface area contributed by atoms with Gasteiger partial charge in [0.05, 0.1) is 29.5 Å². The number of ether oxygens (including phenoxy) is 2. The minimum absolute atomic E-state index is 0.0264. The van der Waals surface area contributed by atoms with Crippen LogP contribution in [0.5, 0.6) is 5.75 Å². The lowest BCUT2D eigenvalue weighted by atomic mass is 10.1. The first-order valence-corrected chi connectivity index (χ1v) is 12.5. The summed E-state index contributed by atoms with van der Waals surface area (Å²) < 4.78 is 12.3. The summed E-state index contributed by atoms with van der Waals surface area (Å²) in [5.41, 5.74) is 3.98. The maximum atomic E-state index is 13.6. The third-order valence-electron chi connectivity index (χ3n) is 5.72. The third kappa shape index (κ3) is 5.91. The molecule has 1 aliphatic rings. The predicted molar refractivity (Wildman–Crippen MR) is 135 cm³/mol. The van der Waals surface area contributed by atoms with Crippen LogP contribution in [0.3, 0.4) is 0 Å². The Bertz CT molecular complexity index is 1090. The number of carbonyl (C=O) groups is 1. The summed E-state index contributed by atoms with van der Waals surface area (Å²) >= 11 is 1.60. The molecule has 0 saturated carbocycles. The van der Waals surface area contributed by atoms with E-state index < -0.39 is 0 Å². The van der Waals surface area contributed by atoms with E-state index in [-0.39, 0.29) is 12.0 Å². The highest BCUT2D eigenvalue weighted by Crippen LogP contribution is 2.33. The van der Waals surface area contributed by atoms with Gasteiger partial charge in [-0.1, -0.05) is 17.4 Å². The van der Waals surface area contributed by atoms with E-state index in [4.69, 9.17) is 14.5 Å². The normalized spacial score (nSPS) is 14.7. The number of hydrogen-bond donors (Lipinski definition) is 0. The number of thiazole rings is 1. The second-order valence-corrected chi connectivity index (χ2v) is 9.86. The van der Waals surface area contributed by atoms with Crippen LogP contribution in [0, 0.1) is 13.8 Å². The van der Waals surface area contributed by atoms with Gasteiger partial charge in [0.25, 0.3) is 5.91 Å². The van der Waals surface area contributed by atoms with Gasteiger partial charge in [-0.2, -0.15) is 0 Å². The molecule has 1 fully saturated rings. The zero-order chi connectivity index (χ0) is 23.4. The van der Waals surface area contributed by atoms with Crippen molar-refractivity contribution in [1.29, 1.82) is 0 Å². The number of fused-ring (bicyclic) bond motifs is 1. The standard InChI is InChI=1S/C26H33N3O3S/c1-18(2)32-22-8-6-21(7-9-22)25(30)29(11-5-10-28-12-14-31-15-13-28)26-27-23-17-19(3)16-20(4)24(23)33-26/h6-9,16-18H,5,10-15H2,1-4H3. The van der Waals surface area contributed by atoms with Crippen LogP contribution in [-0.4, -0.2) is 61.3 Å². The van der Waals surface area contributed by atoms with Crippen LogP contribution in [0.25, 0.3) is 10.2 Å². The van der Waals surface area contributed by atoms with E-state index in [0.717, 1.165) is 60.4 Å². The number of rotatable bonds is 8. The number of anilines is 1. The van der Waals surface area contributed by atoms with Crippen LogP contribution >= 0.6 is 11.3 Å². The van der Waals surface area contributed by atoms with Gasteiger partial charge in [-0.15, -0.1) is 0 Å². The number of aryl methyl sites for hydroxylation is 2. The van der Waals surface area contributed by atoms with E-state index in [1.807, 2.05) is 43.0 Å². The molecule has 0 atom stereocenters.